The Morgan fingerprint density at radius 3 is 2.63 bits per heavy atom. The summed E-state index contributed by atoms with van der Waals surface area (Å²) in [6.07, 6.45) is 0. The second-order valence-electron chi connectivity index (χ2n) is 6.81. The fourth-order valence-electron chi connectivity index (χ4n) is 2.78. The van der Waals surface area contributed by atoms with Crippen molar-refractivity contribution in [2.45, 2.75) is 18.7 Å². The lowest BCUT2D eigenvalue weighted by Crippen LogP contribution is -2.72. The molecule has 14 nitrogen and oxygen atoms in total. The van der Waals surface area contributed by atoms with Gasteiger partial charge in [-0.2, -0.15) is 0 Å². The molecule has 2 atom stereocenters. The maximum absolute atomic E-state index is 12.8. The lowest BCUT2D eigenvalue weighted by Gasteiger charge is -2.35. The second-order valence-corrected chi connectivity index (χ2v) is 7.94. The molecule has 1 saturated heterocycles. The maximum atomic E-state index is 12.8. The minimum absolute atomic E-state index is 0.0521. The van der Waals surface area contributed by atoms with Gasteiger partial charge in [-0.25, -0.2) is 9.78 Å². The van der Waals surface area contributed by atoms with Gasteiger partial charge in [-0.3, -0.25) is 24.5 Å². The molecule has 2 heterocycles. The van der Waals surface area contributed by atoms with Crippen LogP contribution in [0.1, 0.15) is 11.3 Å². The number of alkyl halides is 1. The highest BCUT2D eigenvalue weighted by Crippen LogP contribution is 2.18. The molecule has 1 aliphatic rings. The third-order valence-electron chi connectivity index (χ3n) is 4.49. The predicted octanol–water partition coefficient (Wildman–Crippen LogP) is 0.306. The minimum atomic E-state index is -1.25. The van der Waals surface area contributed by atoms with E-state index in [0.717, 1.165) is 11.3 Å². The molecule has 0 radical (unpaired) electrons. The van der Waals surface area contributed by atoms with Crippen LogP contribution in [-0.2, 0) is 35.4 Å². The van der Waals surface area contributed by atoms with Crippen molar-refractivity contribution in [3.8, 4) is 0 Å². The van der Waals surface area contributed by atoms with Crippen molar-refractivity contribution in [1.82, 2.24) is 15.6 Å². The zero-order valence-electron chi connectivity index (χ0n) is 17.8. The van der Waals surface area contributed by atoms with E-state index in [1.165, 1.54) is 36.8 Å². The fourth-order valence-corrected chi connectivity index (χ4v) is 3.56. The van der Waals surface area contributed by atoms with Crippen LogP contribution in [0.15, 0.2) is 34.8 Å². The van der Waals surface area contributed by atoms with E-state index in [9.17, 15) is 29.3 Å². The SMILES string of the molecule is CON=C(C(=O)NC1C(=O)NC1C(=O)OCc1ccc([N+](=O)[O-])cc1)c1csc(NC(=O)CCl)n1. The number of oxime groups is 1. The number of β-lactam (4-membered cyclic amide) rings is 1. The number of halogens is 1. The van der Waals surface area contributed by atoms with Crippen LogP contribution in [0, 0.1) is 10.1 Å². The highest BCUT2D eigenvalue weighted by Gasteiger charge is 2.46. The molecule has 1 aromatic carbocycles. The lowest BCUT2D eigenvalue weighted by molar-refractivity contribution is -0.384. The molecule has 0 aliphatic carbocycles. The standard InChI is InChI=1S/C19H17ClN6O8S/c1-33-25-13(11-8-35-19(21-11)22-12(27)6-20)16(28)23-14-15(24-17(14)29)18(30)34-7-9-2-4-10(5-3-9)26(31)32/h2-5,8,14-15H,6-7H2,1H3,(H,23,28)(H,24,29)(H,21,22,27). The number of nitrogens with one attached hydrogen (secondary N) is 3. The van der Waals surface area contributed by atoms with Gasteiger partial charge in [-0.05, 0) is 17.7 Å². The van der Waals surface area contributed by atoms with Crippen LogP contribution in [0.2, 0.25) is 0 Å². The molecule has 184 valence electrons. The zero-order valence-corrected chi connectivity index (χ0v) is 19.4. The van der Waals surface area contributed by atoms with Crippen LogP contribution < -0.4 is 16.0 Å². The Bertz CT molecular complexity index is 1180. The van der Waals surface area contributed by atoms with Gasteiger partial charge in [-0.1, -0.05) is 5.16 Å². The molecule has 3 N–H and O–H groups in total. The van der Waals surface area contributed by atoms with Crippen molar-refractivity contribution in [1.29, 1.82) is 0 Å². The first-order valence-electron chi connectivity index (χ1n) is 9.67. The Morgan fingerprint density at radius 1 is 1.31 bits per heavy atom. The molecule has 3 rings (SSSR count). The first-order valence-corrected chi connectivity index (χ1v) is 11.1. The molecule has 0 bridgehead atoms. The highest BCUT2D eigenvalue weighted by molar-refractivity contribution is 7.14. The molecule has 3 amide bonds. The Hall–Kier alpha value is -4.11. The Balaban J connectivity index is 1.62. The summed E-state index contributed by atoms with van der Waals surface area (Å²) in [5.74, 6) is -3.09. The van der Waals surface area contributed by atoms with Gasteiger partial charge in [0.2, 0.25) is 11.8 Å². The van der Waals surface area contributed by atoms with Crippen molar-refractivity contribution in [2.24, 2.45) is 5.16 Å². The number of amides is 3. The smallest absolute Gasteiger partial charge is 0.331 e. The van der Waals surface area contributed by atoms with Crippen LogP contribution in [0.5, 0.6) is 0 Å². The summed E-state index contributed by atoms with van der Waals surface area (Å²) in [5.41, 5.74) is 0.130. The molecule has 1 aromatic heterocycles. The van der Waals surface area contributed by atoms with Gasteiger partial charge in [-0.15, -0.1) is 22.9 Å². The molecule has 2 unspecified atom stereocenters. The number of nitrogens with zero attached hydrogens (tertiary/aromatic N) is 3. The summed E-state index contributed by atoms with van der Waals surface area (Å²) < 4.78 is 5.14. The van der Waals surface area contributed by atoms with E-state index < -0.39 is 40.7 Å². The van der Waals surface area contributed by atoms with Crippen molar-refractivity contribution in [3.63, 3.8) is 0 Å². The average molecular weight is 525 g/mol. The quantitative estimate of drug-likeness (QED) is 0.0979. The summed E-state index contributed by atoms with van der Waals surface area (Å²) in [6.45, 7) is -0.199. The van der Waals surface area contributed by atoms with Crippen LogP contribution in [0.25, 0.3) is 0 Å². The van der Waals surface area contributed by atoms with E-state index in [2.05, 4.69) is 30.9 Å². The number of anilines is 1. The molecule has 0 saturated carbocycles. The number of ether oxygens (including phenoxy) is 1. The lowest BCUT2D eigenvalue weighted by atomic mass is 9.98. The largest absolute Gasteiger partial charge is 0.459 e. The number of hydrogen-bond acceptors (Lipinski definition) is 11. The van der Waals surface area contributed by atoms with Crippen LogP contribution >= 0.6 is 22.9 Å². The number of carbonyl (C=O) groups excluding carboxylic acids is 4. The van der Waals surface area contributed by atoms with Crippen LogP contribution in [0.3, 0.4) is 0 Å². The number of nitro benzene ring substituents is 1. The van der Waals surface area contributed by atoms with Crippen molar-refractivity contribution in [3.05, 3.63) is 51.0 Å². The number of nitro groups is 1. The number of thiazole rings is 1. The molecule has 0 spiro atoms. The Labute approximate surface area is 205 Å². The summed E-state index contributed by atoms with van der Waals surface area (Å²) >= 11 is 6.44. The Morgan fingerprint density at radius 2 is 2.03 bits per heavy atom. The van der Waals surface area contributed by atoms with Gasteiger partial charge < -0.3 is 25.5 Å². The van der Waals surface area contributed by atoms with Gasteiger partial charge in [0.05, 0.1) is 4.92 Å². The molecular weight excluding hydrogens is 508 g/mol. The summed E-state index contributed by atoms with van der Waals surface area (Å²) in [5, 5.41) is 23.1. The zero-order chi connectivity index (χ0) is 25.5. The third kappa shape index (κ3) is 6.27. The molecule has 1 fully saturated rings. The Kier molecular flexibility index (Phi) is 8.27. The number of hydrogen-bond donors (Lipinski definition) is 3. The minimum Gasteiger partial charge on any atom is -0.459 e. The number of carbonyl (C=O) groups is 4. The number of non-ortho nitro benzene ring substituents is 1. The number of rotatable bonds is 10. The molecule has 35 heavy (non-hydrogen) atoms. The van der Waals surface area contributed by atoms with Crippen molar-refractivity contribution in [2.75, 3.05) is 18.3 Å². The number of benzene rings is 1. The molecule has 16 heteroatoms. The van der Waals surface area contributed by atoms with E-state index in [0.29, 0.717) is 5.56 Å². The van der Waals surface area contributed by atoms with Gasteiger partial charge >= 0.3 is 5.97 Å². The average Bonchev–Trinajstić information content (AvgIpc) is 3.30. The predicted molar refractivity (Wildman–Crippen MR) is 122 cm³/mol. The molecule has 2 aromatic rings. The van der Waals surface area contributed by atoms with Gasteiger partial charge in [0.15, 0.2) is 16.9 Å². The first kappa shape index (κ1) is 25.5. The number of esters is 1. The number of aromatic nitrogens is 1. The van der Waals surface area contributed by atoms with Gasteiger partial charge in [0, 0.05) is 17.5 Å². The third-order valence-corrected chi connectivity index (χ3v) is 5.49. The van der Waals surface area contributed by atoms with E-state index >= 15 is 0 Å². The highest BCUT2D eigenvalue weighted by atomic mass is 35.5. The van der Waals surface area contributed by atoms with Crippen molar-refractivity contribution >= 4 is 63.2 Å². The first-order chi connectivity index (χ1) is 16.7. The van der Waals surface area contributed by atoms with E-state index in [4.69, 9.17) is 16.3 Å². The van der Waals surface area contributed by atoms with Crippen LogP contribution in [-0.4, -0.2) is 64.4 Å². The van der Waals surface area contributed by atoms with Gasteiger partial charge in [0.25, 0.3) is 11.6 Å². The maximum Gasteiger partial charge on any atom is 0.331 e. The molecular formula is C19H17ClN6O8S. The topological polar surface area (TPSA) is 191 Å². The van der Waals surface area contributed by atoms with Crippen molar-refractivity contribution < 1.29 is 33.7 Å². The molecule has 1 aliphatic heterocycles. The van der Waals surface area contributed by atoms with E-state index in [1.807, 2.05) is 0 Å². The van der Waals surface area contributed by atoms with Crippen LogP contribution in [0.4, 0.5) is 10.8 Å². The summed E-state index contributed by atoms with van der Waals surface area (Å²) in [7, 11) is 1.20. The normalized spacial score (nSPS) is 17.0. The van der Waals surface area contributed by atoms with E-state index in [-0.39, 0.29) is 34.7 Å². The summed E-state index contributed by atoms with van der Waals surface area (Å²) in [6, 6.07) is 2.97. The second kappa shape index (κ2) is 11.3. The monoisotopic (exact) mass is 524 g/mol. The van der Waals surface area contributed by atoms with E-state index in [1.54, 1.807) is 0 Å². The fraction of sp³-hybridized carbons (Fsp3) is 0.263. The summed E-state index contributed by atoms with van der Waals surface area (Å²) in [4.78, 5) is 67.4. The van der Waals surface area contributed by atoms with Gasteiger partial charge in [0.1, 0.15) is 31.3 Å².